The zero-order valence-electron chi connectivity index (χ0n) is 43.0. The summed E-state index contributed by atoms with van der Waals surface area (Å²) in [6.45, 7) is 8.99. The van der Waals surface area contributed by atoms with E-state index in [1.165, 1.54) is 212 Å². The zero-order valence-corrected chi connectivity index (χ0v) is 43.0. The molecule has 0 aromatic carbocycles. The third-order valence-corrected chi connectivity index (χ3v) is 13.0. The number of carbonyl (C=O) groups is 3. The molecular weight excluding hydrogens is 781 g/mol. The maximum atomic E-state index is 12.6. The standard InChI is InChI=1S/C57H110O6/c1-5-7-9-11-12-13-14-15-16-17-18-22-25-28-31-34-37-41-44-48-55(58)61-51-54(63-57(60)50-46-39-10-8-6-2)52-62-56(59)49-45-42-38-35-32-29-26-23-20-19-21-24-27-30-33-36-40-43-47-53(3)4/h53-54H,5-52H2,1-4H3/t54-/m0/s1. The van der Waals surface area contributed by atoms with Crippen LogP contribution in [-0.4, -0.2) is 37.2 Å². The smallest absolute Gasteiger partial charge is 0.306 e. The van der Waals surface area contributed by atoms with E-state index >= 15 is 0 Å². The van der Waals surface area contributed by atoms with Crippen LogP contribution < -0.4 is 0 Å². The van der Waals surface area contributed by atoms with E-state index in [1.807, 2.05) is 0 Å². The van der Waals surface area contributed by atoms with Gasteiger partial charge in [-0.05, 0) is 25.2 Å². The van der Waals surface area contributed by atoms with Crippen LogP contribution in [0.3, 0.4) is 0 Å². The van der Waals surface area contributed by atoms with Crippen LogP contribution in [0.1, 0.15) is 323 Å². The van der Waals surface area contributed by atoms with Crippen molar-refractivity contribution in [3.05, 3.63) is 0 Å². The predicted octanol–water partition coefficient (Wildman–Crippen LogP) is 18.6. The van der Waals surface area contributed by atoms with E-state index in [2.05, 4.69) is 27.7 Å². The quantitative estimate of drug-likeness (QED) is 0.0344. The van der Waals surface area contributed by atoms with Crippen molar-refractivity contribution in [1.29, 1.82) is 0 Å². The monoisotopic (exact) mass is 891 g/mol. The zero-order chi connectivity index (χ0) is 45.9. The molecule has 0 radical (unpaired) electrons. The lowest BCUT2D eigenvalue weighted by atomic mass is 10.0. The Labute approximate surface area is 393 Å². The molecule has 0 aromatic heterocycles. The van der Waals surface area contributed by atoms with Crippen molar-refractivity contribution in [2.75, 3.05) is 13.2 Å². The van der Waals surface area contributed by atoms with Gasteiger partial charge in [-0.2, -0.15) is 0 Å². The molecule has 0 fully saturated rings. The van der Waals surface area contributed by atoms with E-state index in [0.29, 0.717) is 19.3 Å². The molecule has 0 rings (SSSR count). The van der Waals surface area contributed by atoms with E-state index < -0.39 is 6.10 Å². The van der Waals surface area contributed by atoms with Gasteiger partial charge < -0.3 is 14.2 Å². The molecule has 63 heavy (non-hydrogen) atoms. The fourth-order valence-electron chi connectivity index (χ4n) is 8.75. The van der Waals surface area contributed by atoms with Crippen LogP contribution in [0.25, 0.3) is 0 Å². The first-order valence-electron chi connectivity index (χ1n) is 28.4. The number of hydrogen-bond donors (Lipinski definition) is 0. The number of ether oxygens (including phenoxy) is 3. The molecule has 0 saturated carbocycles. The minimum atomic E-state index is -0.759. The molecule has 6 heteroatoms. The van der Waals surface area contributed by atoms with E-state index in [0.717, 1.165) is 70.1 Å². The van der Waals surface area contributed by atoms with Crippen molar-refractivity contribution in [1.82, 2.24) is 0 Å². The molecule has 374 valence electrons. The van der Waals surface area contributed by atoms with Crippen molar-refractivity contribution in [3.63, 3.8) is 0 Å². The average Bonchev–Trinajstić information content (AvgIpc) is 3.27. The van der Waals surface area contributed by atoms with Crippen molar-refractivity contribution >= 4 is 17.9 Å². The van der Waals surface area contributed by atoms with E-state index in [9.17, 15) is 14.4 Å². The summed E-state index contributed by atoms with van der Waals surface area (Å²) in [5.41, 5.74) is 0. The van der Waals surface area contributed by atoms with Crippen LogP contribution in [0.4, 0.5) is 0 Å². The maximum Gasteiger partial charge on any atom is 0.306 e. The summed E-state index contributed by atoms with van der Waals surface area (Å²) >= 11 is 0. The second kappa shape index (κ2) is 51.4. The molecule has 0 amide bonds. The number of esters is 3. The summed E-state index contributed by atoms with van der Waals surface area (Å²) in [6.07, 6.45) is 55.7. The van der Waals surface area contributed by atoms with Gasteiger partial charge in [-0.3, -0.25) is 14.4 Å². The van der Waals surface area contributed by atoms with E-state index in [-0.39, 0.29) is 31.1 Å². The lowest BCUT2D eigenvalue weighted by molar-refractivity contribution is -0.167. The Bertz CT molecular complexity index is 949. The molecule has 0 heterocycles. The van der Waals surface area contributed by atoms with Crippen LogP contribution in [-0.2, 0) is 28.6 Å². The summed E-state index contributed by atoms with van der Waals surface area (Å²) < 4.78 is 16.7. The Kier molecular flexibility index (Phi) is 50.1. The molecule has 0 bridgehead atoms. The van der Waals surface area contributed by atoms with Gasteiger partial charge in [-0.25, -0.2) is 0 Å². The Balaban J connectivity index is 3.98. The maximum absolute atomic E-state index is 12.6. The summed E-state index contributed by atoms with van der Waals surface area (Å²) in [5, 5.41) is 0. The van der Waals surface area contributed by atoms with Gasteiger partial charge in [-0.15, -0.1) is 0 Å². The highest BCUT2D eigenvalue weighted by Gasteiger charge is 2.19. The number of hydrogen-bond acceptors (Lipinski definition) is 6. The molecule has 0 spiro atoms. The lowest BCUT2D eigenvalue weighted by Crippen LogP contribution is -2.30. The first kappa shape index (κ1) is 61.4. The minimum absolute atomic E-state index is 0.0638. The van der Waals surface area contributed by atoms with E-state index in [1.54, 1.807) is 0 Å². The Morgan fingerprint density at radius 1 is 0.302 bits per heavy atom. The van der Waals surface area contributed by atoms with Gasteiger partial charge in [0.1, 0.15) is 13.2 Å². The highest BCUT2D eigenvalue weighted by Crippen LogP contribution is 2.18. The van der Waals surface area contributed by atoms with Gasteiger partial charge >= 0.3 is 17.9 Å². The van der Waals surface area contributed by atoms with Crippen LogP contribution >= 0.6 is 0 Å². The first-order chi connectivity index (χ1) is 30.9. The second-order valence-corrected chi connectivity index (χ2v) is 20.1. The van der Waals surface area contributed by atoms with Crippen LogP contribution in [0, 0.1) is 5.92 Å². The summed E-state index contributed by atoms with van der Waals surface area (Å²) in [6, 6.07) is 0. The van der Waals surface area contributed by atoms with Crippen molar-refractivity contribution < 1.29 is 28.6 Å². The molecule has 0 unspecified atom stereocenters. The summed E-state index contributed by atoms with van der Waals surface area (Å²) in [5.74, 6) is 0.00465. The third kappa shape index (κ3) is 51.3. The highest BCUT2D eigenvalue weighted by atomic mass is 16.6. The molecule has 0 aliphatic rings. The number of carbonyl (C=O) groups excluding carboxylic acids is 3. The second-order valence-electron chi connectivity index (χ2n) is 20.1. The Hall–Kier alpha value is -1.59. The third-order valence-electron chi connectivity index (χ3n) is 13.0. The van der Waals surface area contributed by atoms with Crippen molar-refractivity contribution in [2.24, 2.45) is 5.92 Å². The fraction of sp³-hybridized carbons (Fsp3) is 0.947. The van der Waals surface area contributed by atoms with Crippen LogP contribution in [0.2, 0.25) is 0 Å². The fourth-order valence-corrected chi connectivity index (χ4v) is 8.75. The number of unbranched alkanes of at least 4 members (excludes halogenated alkanes) is 39. The highest BCUT2D eigenvalue weighted by molar-refractivity contribution is 5.71. The van der Waals surface area contributed by atoms with Gasteiger partial charge in [-0.1, -0.05) is 285 Å². The first-order valence-corrected chi connectivity index (χ1v) is 28.4. The molecular formula is C57H110O6. The van der Waals surface area contributed by atoms with Gasteiger partial charge in [0.05, 0.1) is 0 Å². The summed E-state index contributed by atoms with van der Waals surface area (Å²) in [7, 11) is 0. The topological polar surface area (TPSA) is 78.9 Å². The van der Waals surface area contributed by atoms with Gasteiger partial charge in [0.2, 0.25) is 0 Å². The molecule has 0 saturated heterocycles. The molecule has 1 atom stereocenters. The molecule has 0 aliphatic carbocycles. The van der Waals surface area contributed by atoms with Crippen molar-refractivity contribution in [2.45, 2.75) is 329 Å². The van der Waals surface area contributed by atoms with Gasteiger partial charge in [0.25, 0.3) is 0 Å². The van der Waals surface area contributed by atoms with Crippen LogP contribution in [0.15, 0.2) is 0 Å². The average molecular weight is 892 g/mol. The SMILES string of the molecule is CCCCCCCCCCCCCCCCCCCCCC(=O)OC[C@@H](COC(=O)CCCCCCCCCCCCCCCCCCCCC(C)C)OC(=O)CCCCCCC. The lowest BCUT2D eigenvalue weighted by Gasteiger charge is -2.18. The molecule has 6 nitrogen and oxygen atoms in total. The summed E-state index contributed by atoms with van der Waals surface area (Å²) in [4.78, 5) is 37.7. The molecule has 0 N–H and O–H groups in total. The van der Waals surface area contributed by atoms with E-state index in [4.69, 9.17) is 14.2 Å². The largest absolute Gasteiger partial charge is 0.462 e. The molecule has 0 aliphatic heterocycles. The normalized spacial score (nSPS) is 12.0. The van der Waals surface area contributed by atoms with Crippen molar-refractivity contribution in [3.8, 4) is 0 Å². The minimum Gasteiger partial charge on any atom is -0.462 e. The predicted molar refractivity (Wildman–Crippen MR) is 270 cm³/mol. The number of rotatable bonds is 52. The molecule has 0 aromatic rings. The Morgan fingerprint density at radius 2 is 0.524 bits per heavy atom. The Morgan fingerprint density at radius 3 is 0.778 bits per heavy atom. The van der Waals surface area contributed by atoms with Gasteiger partial charge in [0.15, 0.2) is 6.10 Å². The van der Waals surface area contributed by atoms with Gasteiger partial charge in [0, 0.05) is 19.3 Å². The van der Waals surface area contributed by atoms with Crippen LogP contribution in [0.5, 0.6) is 0 Å².